The molecule has 4 nitrogen and oxygen atoms in total. The molecule has 0 radical (unpaired) electrons. The van der Waals surface area contributed by atoms with Gasteiger partial charge in [0.25, 0.3) is 0 Å². The smallest absolute Gasteiger partial charge is 0.314 e. The molecule has 1 aromatic carbocycles. The molecule has 4 heteroatoms. The van der Waals surface area contributed by atoms with Gasteiger partial charge >= 0.3 is 5.97 Å². The van der Waals surface area contributed by atoms with Gasteiger partial charge in [-0.05, 0) is 45.1 Å². The predicted molar refractivity (Wildman–Crippen MR) is 84.2 cm³/mol. The SMILES string of the molecule is COC1CCC(O)(C(C)(C)C(=O)OCc2ccccc2)CC1. The van der Waals surface area contributed by atoms with Gasteiger partial charge < -0.3 is 14.6 Å². The van der Waals surface area contributed by atoms with Crippen LogP contribution in [-0.2, 0) is 20.9 Å². The third kappa shape index (κ3) is 3.50. The van der Waals surface area contributed by atoms with Crippen LogP contribution in [0.2, 0.25) is 0 Å². The molecule has 0 spiro atoms. The Morgan fingerprint density at radius 2 is 1.86 bits per heavy atom. The first-order valence-corrected chi connectivity index (χ1v) is 7.85. The number of hydrogen-bond acceptors (Lipinski definition) is 4. The van der Waals surface area contributed by atoms with Crippen molar-refractivity contribution in [3.63, 3.8) is 0 Å². The lowest BCUT2D eigenvalue weighted by atomic mass is 9.66. The lowest BCUT2D eigenvalue weighted by molar-refractivity contribution is -0.180. The highest BCUT2D eigenvalue weighted by Gasteiger charge is 2.51. The van der Waals surface area contributed by atoms with E-state index < -0.39 is 11.0 Å². The van der Waals surface area contributed by atoms with Gasteiger partial charge in [-0.25, -0.2) is 0 Å². The molecule has 0 aromatic heterocycles. The van der Waals surface area contributed by atoms with Gasteiger partial charge in [0.2, 0.25) is 0 Å². The fourth-order valence-corrected chi connectivity index (χ4v) is 3.02. The number of ether oxygens (including phenoxy) is 2. The molecule has 22 heavy (non-hydrogen) atoms. The Labute approximate surface area is 132 Å². The average Bonchev–Trinajstić information content (AvgIpc) is 2.54. The van der Waals surface area contributed by atoms with Crippen molar-refractivity contribution < 1.29 is 19.4 Å². The summed E-state index contributed by atoms with van der Waals surface area (Å²) in [5.74, 6) is -0.352. The van der Waals surface area contributed by atoms with Crippen molar-refractivity contribution in [1.29, 1.82) is 0 Å². The predicted octanol–water partition coefficient (Wildman–Crippen LogP) is 3.08. The lowest BCUT2D eigenvalue weighted by Crippen LogP contribution is -2.52. The molecule has 0 saturated heterocycles. The van der Waals surface area contributed by atoms with Crippen molar-refractivity contribution in [2.24, 2.45) is 5.41 Å². The van der Waals surface area contributed by atoms with Crippen LogP contribution in [0.1, 0.15) is 45.1 Å². The van der Waals surface area contributed by atoms with Crippen LogP contribution in [0.25, 0.3) is 0 Å². The molecule has 0 unspecified atom stereocenters. The standard InChI is InChI=1S/C18H26O4/c1-17(2,18(20)11-9-15(21-3)10-12-18)16(19)22-13-14-7-5-4-6-8-14/h4-8,15,20H,9-13H2,1-3H3. The van der Waals surface area contributed by atoms with Crippen LogP contribution in [-0.4, -0.2) is 29.9 Å². The number of aliphatic hydroxyl groups is 1. The van der Waals surface area contributed by atoms with Gasteiger partial charge in [-0.2, -0.15) is 0 Å². The molecule has 0 amide bonds. The van der Waals surface area contributed by atoms with Crippen LogP contribution >= 0.6 is 0 Å². The Balaban J connectivity index is 1.98. The maximum Gasteiger partial charge on any atom is 0.314 e. The van der Waals surface area contributed by atoms with Gasteiger partial charge in [-0.15, -0.1) is 0 Å². The van der Waals surface area contributed by atoms with E-state index in [1.807, 2.05) is 30.3 Å². The van der Waals surface area contributed by atoms with Crippen LogP contribution < -0.4 is 0 Å². The molecule has 1 aliphatic rings. The van der Waals surface area contributed by atoms with Crippen LogP contribution in [0.4, 0.5) is 0 Å². The molecule has 0 heterocycles. The molecule has 2 rings (SSSR count). The molecule has 0 aliphatic heterocycles. The van der Waals surface area contributed by atoms with E-state index in [2.05, 4.69) is 0 Å². The van der Waals surface area contributed by atoms with E-state index >= 15 is 0 Å². The number of carbonyl (C=O) groups excluding carboxylic acids is 1. The summed E-state index contributed by atoms with van der Waals surface area (Å²) in [5.41, 5.74) is -1.02. The average molecular weight is 306 g/mol. The summed E-state index contributed by atoms with van der Waals surface area (Å²) in [7, 11) is 1.69. The Morgan fingerprint density at radius 1 is 1.27 bits per heavy atom. The molecular weight excluding hydrogens is 280 g/mol. The second-order valence-electron chi connectivity index (χ2n) is 6.65. The van der Waals surface area contributed by atoms with Crippen LogP contribution in [0, 0.1) is 5.41 Å². The van der Waals surface area contributed by atoms with E-state index in [0.29, 0.717) is 12.8 Å². The third-order valence-electron chi connectivity index (χ3n) is 4.98. The summed E-state index contributed by atoms with van der Waals surface area (Å²) in [6.07, 6.45) is 2.82. The minimum absolute atomic E-state index is 0.177. The van der Waals surface area contributed by atoms with Crippen molar-refractivity contribution >= 4 is 5.97 Å². The normalized spacial score (nSPS) is 25.7. The summed E-state index contributed by atoms with van der Waals surface area (Å²) < 4.78 is 10.8. The van der Waals surface area contributed by atoms with E-state index in [9.17, 15) is 9.90 Å². The number of methoxy groups -OCH3 is 1. The van der Waals surface area contributed by atoms with Crippen molar-refractivity contribution in [1.82, 2.24) is 0 Å². The van der Waals surface area contributed by atoms with E-state index in [1.54, 1.807) is 21.0 Å². The largest absolute Gasteiger partial charge is 0.460 e. The Bertz CT molecular complexity index is 487. The maximum absolute atomic E-state index is 12.5. The zero-order valence-corrected chi connectivity index (χ0v) is 13.7. The molecule has 1 saturated carbocycles. The highest BCUT2D eigenvalue weighted by Crippen LogP contribution is 2.43. The summed E-state index contributed by atoms with van der Waals surface area (Å²) in [4.78, 5) is 12.5. The molecule has 1 aliphatic carbocycles. The molecule has 0 bridgehead atoms. The first kappa shape index (κ1) is 17.0. The zero-order valence-electron chi connectivity index (χ0n) is 13.7. The Hall–Kier alpha value is -1.39. The molecular formula is C18H26O4. The van der Waals surface area contributed by atoms with Crippen LogP contribution in [0.3, 0.4) is 0 Å². The molecule has 1 aromatic rings. The Morgan fingerprint density at radius 3 is 2.41 bits per heavy atom. The van der Waals surface area contributed by atoms with Gasteiger partial charge in [0.05, 0.1) is 17.1 Å². The van der Waals surface area contributed by atoms with Gasteiger partial charge in [0.15, 0.2) is 0 Å². The fraction of sp³-hybridized carbons (Fsp3) is 0.611. The summed E-state index contributed by atoms with van der Waals surface area (Å²) in [5, 5.41) is 10.9. The van der Waals surface area contributed by atoms with Gasteiger partial charge in [-0.3, -0.25) is 4.79 Å². The summed E-state index contributed by atoms with van der Waals surface area (Å²) in [6.45, 7) is 3.78. The number of benzene rings is 1. The van der Waals surface area contributed by atoms with Crippen molar-refractivity contribution in [3.05, 3.63) is 35.9 Å². The molecule has 0 atom stereocenters. The number of rotatable bonds is 5. The number of esters is 1. The summed E-state index contributed by atoms with van der Waals surface area (Å²) >= 11 is 0. The Kier molecular flexibility index (Phi) is 5.24. The minimum Gasteiger partial charge on any atom is -0.460 e. The first-order valence-electron chi connectivity index (χ1n) is 7.85. The van der Waals surface area contributed by atoms with Gasteiger partial charge in [0.1, 0.15) is 6.61 Å². The fourth-order valence-electron chi connectivity index (χ4n) is 3.02. The van der Waals surface area contributed by atoms with Gasteiger partial charge in [-0.1, -0.05) is 30.3 Å². The summed E-state index contributed by atoms with van der Waals surface area (Å²) in [6, 6.07) is 9.57. The monoisotopic (exact) mass is 306 g/mol. The maximum atomic E-state index is 12.5. The van der Waals surface area contributed by atoms with E-state index in [1.165, 1.54) is 0 Å². The topological polar surface area (TPSA) is 55.8 Å². The van der Waals surface area contributed by atoms with Crippen molar-refractivity contribution in [2.45, 2.75) is 57.8 Å². The van der Waals surface area contributed by atoms with Gasteiger partial charge in [0, 0.05) is 7.11 Å². The zero-order chi connectivity index (χ0) is 16.2. The highest BCUT2D eigenvalue weighted by molar-refractivity contribution is 5.77. The second kappa shape index (κ2) is 6.80. The number of carbonyl (C=O) groups is 1. The van der Waals surface area contributed by atoms with Crippen LogP contribution in [0.15, 0.2) is 30.3 Å². The molecule has 1 fully saturated rings. The highest BCUT2D eigenvalue weighted by atomic mass is 16.5. The quantitative estimate of drug-likeness (QED) is 0.849. The molecule has 122 valence electrons. The second-order valence-corrected chi connectivity index (χ2v) is 6.65. The lowest BCUT2D eigenvalue weighted by Gasteiger charge is -2.44. The van der Waals surface area contributed by atoms with E-state index in [0.717, 1.165) is 18.4 Å². The minimum atomic E-state index is -1.03. The van der Waals surface area contributed by atoms with E-state index in [4.69, 9.17) is 9.47 Å². The first-order chi connectivity index (χ1) is 10.4. The molecule has 1 N–H and O–H groups in total. The van der Waals surface area contributed by atoms with E-state index in [-0.39, 0.29) is 18.7 Å². The number of hydrogen-bond donors (Lipinski definition) is 1. The van der Waals surface area contributed by atoms with Crippen molar-refractivity contribution in [3.8, 4) is 0 Å². The van der Waals surface area contributed by atoms with Crippen LogP contribution in [0.5, 0.6) is 0 Å². The third-order valence-corrected chi connectivity index (χ3v) is 4.98. The van der Waals surface area contributed by atoms with Crippen molar-refractivity contribution in [2.75, 3.05) is 7.11 Å².